The molecule has 5 nitrogen and oxygen atoms in total. The number of aliphatic carboxylic acids is 1. The molecule has 0 spiro atoms. The lowest BCUT2D eigenvalue weighted by atomic mass is 9.80. The highest BCUT2D eigenvalue weighted by Gasteiger charge is 2.40. The van der Waals surface area contributed by atoms with Crippen LogP contribution in [0.1, 0.15) is 57.8 Å². The van der Waals surface area contributed by atoms with Crippen LogP contribution in [0.25, 0.3) is 0 Å². The Hall–Kier alpha value is -1.10. The molecule has 21 heavy (non-hydrogen) atoms. The Morgan fingerprint density at radius 3 is 2.29 bits per heavy atom. The fourth-order valence-corrected chi connectivity index (χ4v) is 3.40. The quantitative estimate of drug-likeness (QED) is 0.764. The summed E-state index contributed by atoms with van der Waals surface area (Å²) in [6, 6.07) is 0. The number of carbonyl (C=O) groups is 2. The third-order valence-corrected chi connectivity index (χ3v) is 4.98. The fraction of sp³-hybridized carbons (Fsp3) is 0.875. The summed E-state index contributed by atoms with van der Waals surface area (Å²) in [5.41, 5.74) is -0.836. The topological polar surface area (TPSA) is 75.6 Å². The third-order valence-electron chi connectivity index (χ3n) is 4.98. The van der Waals surface area contributed by atoms with Gasteiger partial charge in [-0.3, -0.25) is 9.59 Å². The summed E-state index contributed by atoms with van der Waals surface area (Å²) in [5, 5.41) is 12.3. The number of carbonyl (C=O) groups excluding carboxylic acids is 1. The standard InChI is InChI=1S/C16H27NO4/c18-14(11-13-5-3-1-2-4-6-13)17-12-16(15(19)20)7-9-21-10-8-16/h13H,1-12H2,(H,17,18)(H,19,20). The van der Waals surface area contributed by atoms with Gasteiger partial charge in [-0.25, -0.2) is 0 Å². The lowest BCUT2D eigenvalue weighted by Crippen LogP contribution is -2.46. The maximum atomic E-state index is 12.1. The van der Waals surface area contributed by atoms with E-state index < -0.39 is 11.4 Å². The molecule has 2 fully saturated rings. The number of amides is 1. The zero-order valence-corrected chi connectivity index (χ0v) is 12.7. The van der Waals surface area contributed by atoms with Crippen LogP contribution in [0.4, 0.5) is 0 Å². The second-order valence-electron chi connectivity index (χ2n) is 6.54. The number of ether oxygens (including phenoxy) is 1. The van der Waals surface area contributed by atoms with Crippen LogP contribution < -0.4 is 5.32 Å². The van der Waals surface area contributed by atoms with Gasteiger partial charge in [-0.1, -0.05) is 25.7 Å². The second kappa shape index (κ2) is 7.78. The number of rotatable bonds is 5. The minimum atomic E-state index is -0.836. The van der Waals surface area contributed by atoms with E-state index >= 15 is 0 Å². The molecular formula is C16H27NO4. The summed E-state index contributed by atoms with van der Waals surface area (Å²) in [6.07, 6.45) is 8.75. The largest absolute Gasteiger partial charge is 0.481 e. The molecule has 2 rings (SSSR count). The van der Waals surface area contributed by atoms with Crippen LogP contribution in [0.3, 0.4) is 0 Å². The molecule has 2 N–H and O–H groups in total. The molecule has 0 aromatic carbocycles. The summed E-state index contributed by atoms with van der Waals surface area (Å²) in [4.78, 5) is 23.6. The van der Waals surface area contributed by atoms with Crippen molar-refractivity contribution < 1.29 is 19.4 Å². The Balaban J connectivity index is 1.79. The minimum Gasteiger partial charge on any atom is -0.481 e. The van der Waals surface area contributed by atoms with Gasteiger partial charge in [0.1, 0.15) is 0 Å². The highest BCUT2D eigenvalue weighted by molar-refractivity contribution is 5.79. The second-order valence-corrected chi connectivity index (χ2v) is 6.54. The van der Waals surface area contributed by atoms with E-state index in [1.165, 1.54) is 25.7 Å². The molecule has 1 aliphatic heterocycles. The molecule has 0 aromatic rings. The number of hydrogen-bond donors (Lipinski definition) is 2. The molecule has 1 saturated heterocycles. The van der Waals surface area contributed by atoms with Crippen LogP contribution in [0.2, 0.25) is 0 Å². The summed E-state index contributed by atoms with van der Waals surface area (Å²) in [6.45, 7) is 1.16. The van der Waals surface area contributed by atoms with Crippen molar-refractivity contribution in [2.45, 2.75) is 57.8 Å². The Morgan fingerprint density at radius 2 is 1.71 bits per heavy atom. The van der Waals surface area contributed by atoms with Crippen molar-refractivity contribution in [1.29, 1.82) is 0 Å². The van der Waals surface area contributed by atoms with Gasteiger partial charge in [-0.15, -0.1) is 0 Å². The van der Waals surface area contributed by atoms with Crippen molar-refractivity contribution in [1.82, 2.24) is 5.32 Å². The van der Waals surface area contributed by atoms with Gasteiger partial charge >= 0.3 is 5.97 Å². The summed E-state index contributed by atoms with van der Waals surface area (Å²) in [7, 11) is 0. The Kier molecular flexibility index (Phi) is 6.03. The summed E-state index contributed by atoms with van der Waals surface area (Å²) >= 11 is 0. The Bertz CT molecular complexity index is 355. The van der Waals surface area contributed by atoms with E-state index in [2.05, 4.69) is 5.32 Å². The number of carboxylic acids is 1. The van der Waals surface area contributed by atoms with Gasteiger partial charge in [0.2, 0.25) is 5.91 Å². The van der Waals surface area contributed by atoms with Crippen LogP contribution in [0, 0.1) is 11.3 Å². The van der Waals surface area contributed by atoms with E-state index in [0.717, 1.165) is 12.8 Å². The van der Waals surface area contributed by atoms with Crippen LogP contribution in [-0.2, 0) is 14.3 Å². The van der Waals surface area contributed by atoms with Crippen molar-refractivity contribution in [3.8, 4) is 0 Å². The Morgan fingerprint density at radius 1 is 1.10 bits per heavy atom. The molecular weight excluding hydrogens is 270 g/mol. The zero-order chi connectivity index (χ0) is 15.1. The molecule has 1 amide bonds. The predicted octanol–water partition coefficient (Wildman–Crippen LogP) is 2.34. The van der Waals surface area contributed by atoms with Gasteiger partial charge in [0.25, 0.3) is 0 Å². The maximum Gasteiger partial charge on any atom is 0.311 e. The van der Waals surface area contributed by atoms with Crippen LogP contribution in [0.15, 0.2) is 0 Å². The molecule has 1 saturated carbocycles. The molecule has 0 radical (unpaired) electrons. The lowest BCUT2D eigenvalue weighted by Gasteiger charge is -2.33. The van der Waals surface area contributed by atoms with Gasteiger partial charge in [0, 0.05) is 26.2 Å². The van der Waals surface area contributed by atoms with E-state index in [1.54, 1.807) is 0 Å². The normalized spacial score (nSPS) is 23.2. The molecule has 0 atom stereocenters. The van der Waals surface area contributed by atoms with Crippen LogP contribution >= 0.6 is 0 Å². The van der Waals surface area contributed by atoms with Gasteiger partial charge in [-0.05, 0) is 31.6 Å². The predicted molar refractivity (Wildman–Crippen MR) is 78.9 cm³/mol. The van der Waals surface area contributed by atoms with Crippen LogP contribution in [-0.4, -0.2) is 36.7 Å². The Labute approximate surface area is 126 Å². The van der Waals surface area contributed by atoms with E-state index in [-0.39, 0.29) is 12.5 Å². The van der Waals surface area contributed by atoms with E-state index in [1.807, 2.05) is 0 Å². The zero-order valence-electron chi connectivity index (χ0n) is 12.7. The van der Waals surface area contributed by atoms with Crippen molar-refractivity contribution in [3.05, 3.63) is 0 Å². The molecule has 120 valence electrons. The number of nitrogens with one attached hydrogen (secondary N) is 1. The smallest absolute Gasteiger partial charge is 0.311 e. The molecule has 5 heteroatoms. The van der Waals surface area contributed by atoms with Gasteiger partial charge in [0.15, 0.2) is 0 Å². The average molecular weight is 297 g/mol. The van der Waals surface area contributed by atoms with Gasteiger partial charge < -0.3 is 15.2 Å². The molecule has 0 aromatic heterocycles. The summed E-state index contributed by atoms with van der Waals surface area (Å²) in [5.74, 6) is -0.336. The van der Waals surface area contributed by atoms with Gasteiger partial charge in [-0.2, -0.15) is 0 Å². The monoisotopic (exact) mass is 297 g/mol. The molecule has 0 bridgehead atoms. The van der Waals surface area contributed by atoms with Crippen molar-refractivity contribution in [2.24, 2.45) is 11.3 Å². The van der Waals surface area contributed by atoms with E-state index in [9.17, 15) is 14.7 Å². The minimum absolute atomic E-state index is 0.00835. The third kappa shape index (κ3) is 4.70. The van der Waals surface area contributed by atoms with Crippen molar-refractivity contribution in [3.63, 3.8) is 0 Å². The first-order valence-corrected chi connectivity index (χ1v) is 8.20. The first kappa shape index (κ1) is 16.3. The maximum absolute atomic E-state index is 12.1. The number of hydrogen-bond acceptors (Lipinski definition) is 3. The SMILES string of the molecule is O=C(CC1CCCCCC1)NCC1(C(=O)O)CCOCC1. The lowest BCUT2D eigenvalue weighted by molar-refractivity contribution is -0.154. The number of carboxylic acid groups (broad SMARTS) is 1. The summed E-state index contributed by atoms with van der Waals surface area (Å²) < 4.78 is 5.24. The first-order chi connectivity index (χ1) is 10.1. The van der Waals surface area contributed by atoms with Crippen molar-refractivity contribution in [2.75, 3.05) is 19.8 Å². The molecule has 2 aliphatic rings. The van der Waals surface area contributed by atoms with E-state index in [0.29, 0.717) is 38.4 Å². The highest BCUT2D eigenvalue weighted by atomic mass is 16.5. The molecule has 1 aliphatic carbocycles. The fourth-order valence-electron chi connectivity index (χ4n) is 3.40. The van der Waals surface area contributed by atoms with Crippen LogP contribution in [0.5, 0.6) is 0 Å². The first-order valence-electron chi connectivity index (χ1n) is 8.20. The molecule has 0 unspecified atom stereocenters. The van der Waals surface area contributed by atoms with Gasteiger partial charge in [0.05, 0.1) is 5.41 Å². The average Bonchev–Trinajstić information content (AvgIpc) is 2.74. The highest BCUT2D eigenvalue weighted by Crippen LogP contribution is 2.30. The molecule has 1 heterocycles. The van der Waals surface area contributed by atoms with Crippen molar-refractivity contribution >= 4 is 11.9 Å². The van der Waals surface area contributed by atoms with E-state index in [4.69, 9.17) is 4.74 Å².